The topological polar surface area (TPSA) is 67.9 Å². The quantitative estimate of drug-likeness (QED) is 0.542. The number of hydrogen-bond donors (Lipinski definition) is 1. The van der Waals surface area contributed by atoms with E-state index in [-0.39, 0.29) is 29.0 Å². The molecule has 0 radical (unpaired) electrons. The lowest BCUT2D eigenvalue weighted by atomic mass is 9.94. The minimum atomic E-state index is -3.03. The highest BCUT2D eigenvalue weighted by Gasteiger charge is 2.23. The number of carbonyl (C=O) groups is 2. The number of nitrogens with zero attached hydrogens (tertiary/aromatic N) is 1. The summed E-state index contributed by atoms with van der Waals surface area (Å²) >= 11 is 0. The number of methoxy groups -OCH3 is 1. The second-order valence-electron chi connectivity index (χ2n) is 7.86. The van der Waals surface area contributed by atoms with Gasteiger partial charge >= 0.3 is 6.61 Å². The Morgan fingerprint density at radius 3 is 2.42 bits per heavy atom. The first kappa shape index (κ1) is 24.2. The molecule has 2 amide bonds. The Kier molecular flexibility index (Phi) is 8.40. The summed E-state index contributed by atoms with van der Waals surface area (Å²) in [5.74, 6) is -0.510. The molecule has 0 aromatic heterocycles. The Morgan fingerprint density at radius 1 is 1.09 bits per heavy atom. The molecule has 1 N–H and O–H groups in total. The average molecular weight is 459 g/mol. The van der Waals surface area contributed by atoms with Crippen molar-refractivity contribution >= 4 is 23.6 Å². The summed E-state index contributed by atoms with van der Waals surface area (Å²) < 4.78 is 35.1. The van der Waals surface area contributed by atoms with E-state index in [1.54, 1.807) is 30.3 Å². The van der Waals surface area contributed by atoms with Crippen LogP contribution in [0.4, 0.5) is 14.5 Å². The summed E-state index contributed by atoms with van der Waals surface area (Å²) in [6.07, 6.45) is 8.15. The molecule has 1 aliphatic rings. The molecule has 0 bridgehead atoms. The van der Waals surface area contributed by atoms with Crippen molar-refractivity contribution < 1.29 is 27.8 Å². The van der Waals surface area contributed by atoms with Crippen molar-refractivity contribution in [2.45, 2.75) is 44.8 Å². The molecule has 0 spiro atoms. The number of halogens is 2. The van der Waals surface area contributed by atoms with E-state index in [0.29, 0.717) is 11.3 Å². The van der Waals surface area contributed by atoms with E-state index in [1.165, 1.54) is 37.8 Å². The normalized spacial score (nSPS) is 14.3. The van der Waals surface area contributed by atoms with Crippen LogP contribution in [0, 0.1) is 0 Å². The molecule has 0 atom stereocenters. The predicted octanol–water partition coefficient (Wildman–Crippen LogP) is 5.35. The van der Waals surface area contributed by atoms with Crippen LogP contribution in [0.1, 0.15) is 48.0 Å². The van der Waals surface area contributed by atoms with Gasteiger partial charge in [-0.3, -0.25) is 9.59 Å². The van der Waals surface area contributed by atoms with Crippen LogP contribution in [-0.4, -0.2) is 43.5 Å². The Hall–Kier alpha value is -3.42. The zero-order valence-corrected chi connectivity index (χ0v) is 18.7. The lowest BCUT2D eigenvalue weighted by molar-refractivity contribution is -0.111. The number of amides is 2. The molecular formula is C25H28F2N2O4. The fraction of sp³-hybridized carbons (Fsp3) is 0.360. The van der Waals surface area contributed by atoms with Crippen LogP contribution in [0.25, 0.3) is 6.08 Å². The van der Waals surface area contributed by atoms with Gasteiger partial charge in [-0.25, -0.2) is 0 Å². The Labute approximate surface area is 192 Å². The maximum Gasteiger partial charge on any atom is 0.387 e. The van der Waals surface area contributed by atoms with E-state index < -0.39 is 12.5 Å². The maximum atomic E-state index is 12.7. The summed E-state index contributed by atoms with van der Waals surface area (Å²) in [5, 5.41) is 2.69. The van der Waals surface area contributed by atoms with E-state index in [2.05, 4.69) is 10.1 Å². The van der Waals surface area contributed by atoms with Gasteiger partial charge < -0.3 is 19.7 Å². The molecule has 0 aliphatic heterocycles. The SMILES string of the molecule is COc1cccc(/C=C/C(=O)Nc2ccc(C(=O)N(C)C3CCCCC3)cc2)c1OC(F)F. The van der Waals surface area contributed by atoms with Gasteiger partial charge in [-0.05, 0) is 49.2 Å². The third kappa shape index (κ3) is 6.54. The molecule has 0 unspecified atom stereocenters. The smallest absolute Gasteiger partial charge is 0.387 e. The van der Waals surface area contributed by atoms with Crippen molar-refractivity contribution in [1.29, 1.82) is 0 Å². The van der Waals surface area contributed by atoms with Crippen molar-refractivity contribution in [3.63, 3.8) is 0 Å². The molecule has 0 heterocycles. The third-order valence-electron chi connectivity index (χ3n) is 5.69. The summed E-state index contributed by atoms with van der Waals surface area (Å²) in [6, 6.07) is 11.6. The van der Waals surface area contributed by atoms with Crippen molar-refractivity contribution in [2.24, 2.45) is 0 Å². The second kappa shape index (κ2) is 11.4. The van der Waals surface area contributed by atoms with Gasteiger partial charge in [0.25, 0.3) is 5.91 Å². The molecule has 1 aliphatic carbocycles. The van der Waals surface area contributed by atoms with Gasteiger partial charge in [0.1, 0.15) is 0 Å². The molecule has 1 saturated carbocycles. The molecule has 1 fully saturated rings. The number of nitrogens with one attached hydrogen (secondary N) is 1. The average Bonchev–Trinajstić information content (AvgIpc) is 2.83. The van der Waals surface area contributed by atoms with Gasteiger partial charge in [0.2, 0.25) is 5.91 Å². The third-order valence-corrected chi connectivity index (χ3v) is 5.69. The number of anilines is 1. The number of hydrogen-bond acceptors (Lipinski definition) is 4. The zero-order chi connectivity index (χ0) is 23.8. The van der Waals surface area contributed by atoms with Crippen molar-refractivity contribution in [3.8, 4) is 11.5 Å². The summed E-state index contributed by atoms with van der Waals surface area (Å²) in [6.45, 7) is -3.03. The van der Waals surface area contributed by atoms with E-state index in [4.69, 9.17) is 4.74 Å². The minimum Gasteiger partial charge on any atom is -0.493 e. The van der Waals surface area contributed by atoms with E-state index in [1.807, 2.05) is 11.9 Å². The number of ether oxygens (including phenoxy) is 2. The highest BCUT2D eigenvalue weighted by Crippen LogP contribution is 2.33. The van der Waals surface area contributed by atoms with Crippen LogP contribution in [0.3, 0.4) is 0 Å². The molecular weight excluding hydrogens is 430 g/mol. The molecule has 2 aromatic carbocycles. The van der Waals surface area contributed by atoms with Crippen LogP contribution in [0.2, 0.25) is 0 Å². The van der Waals surface area contributed by atoms with Crippen LogP contribution >= 0.6 is 0 Å². The maximum absolute atomic E-state index is 12.7. The fourth-order valence-electron chi connectivity index (χ4n) is 3.92. The van der Waals surface area contributed by atoms with Crippen LogP contribution in [0.15, 0.2) is 48.5 Å². The minimum absolute atomic E-state index is 0.0377. The van der Waals surface area contributed by atoms with Crippen molar-refractivity contribution in [3.05, 3.63) is 59.7 Å². The molecule has 8 heteroatoms. The lowest BCUT2D eigenvalue weighted by Gasteiger charge is -2.31. The van der Waals surface area contributed by atoms with E-state index in [9.17, 15) is 18.4 Å². The molecule has 3 rings (SSSR count). The summed E-state index contributed by atoms with van der Waals surface area (Å²) in [5.41, 5.74) is 1.34. The van der Waals surface area contributed by atoms with Crippen LogP contribution < -0.4 is 14.8 Å². The van der Waals surface area contributed by atoms with Gasteiger partial charge in [0.05, 0.1) is 7.11 Å². The van der Waals surface area contributed by atoms with Gasteiger partial charge in [0.15, 0.2) is 11.5 Å². The first-order valence-corrected chi connectivity index (χ1v) is 10.9. The van der Waals surface area contributed by atoms with E-state index in [0.717, 1.165) is 25.7 Å². The van der Waals surface area contributed by atoms with Crippen molar-refractivity contribution in [2.75, 3.05) is 19.5 Å². The number of para-hydroxylation sites is 1. The number of rotatable bonds is 8. The first-order valence-electron chi connectivity index (χ1n) is 10.9. The standard InChI is InChI=1S/C25H28F2N2O4/c1-29(20-8-4-3-5-9-20)24(31)18-11-14-19(15-12-18)28-22(30)16-13-17-7-6-10-21(32-2)23(17)33-25(26)27/h6-7,10-16,20,25H,3-5,8-9H2,1-2H3,(H,28,30)/b16-13+. The molecule has 2 aromatic rings. The Balaban J connectivity index is 1.63. The largest absolute Gasteiger partial charge is 0.493 e. The van der Waals surface area contributed by atoms with Gasteiger partial charge in [-0.1, -0.05) is 31.4 Å². The van der Waals surface area contributed by atoms with Crippen molar-refractivity contribution in [1.82, 2.24) is 4.90 Å². The Bertz CT molecular complexity index is 986. The number of benzene rings is 2. The number of carbonyl (C=O) groups excluding carboxylic acids is 2. The van der Waals surface area contributed by atoms with Gasteiger partial charge in [-0.15, -0.1) is 0 Å². The first-order chi connectivity index (χ1) is 15.9. The number of alkyl halides is 2. The second-order valence-corrected chi connectivity index (χ2v) is 7.86. The van der Waals surface area contributed by atoms with Gasteiger partial charge in [-0.2, -0.15) is 8.78 Å². The van der Waals surface area contributed by atoms with Crippen LogP contribution in [0.5, 0.6) is 11.5 Å². The Morgan fingerprint density at radius 2 is 1.79 bits per heavy atom. The van der Waals surface area contributed by atoms with Gasteiger partial charge in [0, 0.05) is 36.0 Å². The highest BCUT2D eigenvalue weighted by atomic mass is 19.3. The summed E-state index contributed by atoms with van der Waals surface area (Å²) in [4.78, 5) is 26.9. The van der Waals surface area contributed by atoms with E-state index >= 15 is 0 Å². The molecule has 0 saturated heterocycles. The van der Waals surface area contributed by atoms with Crippen LogP contribution in [-0.2, 0) is 4.79 Å². The highest BCUT2D eigenvalue weighted by molar-refractivity contribution is 6.02. The monoisotopic (exact) mass is 458 g/mol. The molecule has 6 nitrogen and oxygen atoms in total. The summed E-state index contributed by atoms with van der Waals surface area (Å²) in [7, 11) is 3.18. The zero-order valence-electron chi connectivity index (χ0n) is 18.7. The lowest BCUT2D eigenvalue weighted by Crippen LogP contribution is -2.38. The predicted molar refractivity (Wildman–Crippen MR) is 123 cm³/mol. The fourth-order valence-corrected chi connectivity index (χ4v) is 3.92. The molecule has 33 heavy (non-hydrogen) atoms. The molecule has 176 valence electrons.